The van der Waals surface area contributed by atoms with Crippen molar-refractivity contribution in [1.82, 2.24) is 5.32 Å². The topological polar surface area (TPSA) is 78.1 Å². The molecule has 0 fully saturated rings. The quantitative estimate of drug-likeness (QED) is 0.586. The Labute approximate surface area is 190 Å². The van der Waals surface area contributed by atoms with Gasteiger partial charge in [-0.25, -0.2) is 9.18 Å². The summed E-state index contributed by atoms with van der Waals surface area (Å²) in [6, 6.07) is 16.7. The molecule has 1 atom stereocenters. The highest BCUT2D eigenvalue weighted by molar-refractivity contribution is 5.90. The van der Waals surface area contributed by atoms with Crippen LogP contribution in [0.2, 0.25) is 0 Å². The molecular formula is C25H23FN2O5. The number of ether oxygens (including phenoxy) is 4. The Kier molecular flexibility index (Phi) is 5.89. The highest BCUT2D eigenvalue weighted by Gasteiger charge is 2.19. The molecule has 0 spiro atoms. The Morgan fingerprint density at radius 3 is 2.27 bits per heavy atom. The molecule has 170 valence electrons. The van der Waals surface area contributed by atoms with E-state index in [0.717, 1.165) is 11.1 Å². The van der Waals surface area contributed by atoms with Gasteiger partial charge < -0.3 is 29.6 Å². The summed E-state index contributed by atoms with van der Waals surface area (Å²) < 4.78 is 35.3. The first-order valence-electron chi connectivity index (χ1n) is 10.7. The Morgan fingerprint density at radius 2 is 1.42 bits per heavy atom. The van der Waals surface area contributed by atoms with Gasteiger partial charge in [0.25, 0.3) is 0 Å². The van der Waals surface area contributed by atoms with E-state index in [-0.39, 0.29) is 24.7 Å². The zero-order chi connectivity index (χ0) is 22.6. The van der Waals surface area contributed by atoms with Crippen LogP contribution in [0.15, 0.2) is 60.7 Å². The summed E-state index contributed by atoms with van der Waals surface area (Å²) in [5.74, 6) is 2.36. The summed E-state index contributed by atoms with van der Waals surface area (Å²) in [5.41, 5.74) is 2.51. The number of carbonyl (C=O) groups excluding carboxylic acids is 1. The van der Waals surface area contributed by atoms with Gasteiger partial charge in [-0.05, 0) is 60.4 Å². The number of hydrogen-bond donors (Lipinski definition) is 2. The molecule has 0 aromatic heterocycles. The number of hydrogen-bond acceptors (Lipinski definition) is 5. The van der Waals surface area contributed by atoms with Gasteiger partial charge in [-0.2, -0.15) is 0 Å². The lowest BCUT2D eigenvalue weighted by atomic mass is 9.98. The van der Waals surface area contributed by atoms with Crippen LogP contribution in [-0.2, 0) is 12.8 Å². The lowest BCUT2D eigenvalue weighted by molar-refractivity contribution is 0.171. The number of anilines is 1. The number of amides is 2. The maximum absolute atomic E-state index is 13.3. The number of carbonyl (C=O) groups is 1. The predicted octanol–water partition coefficient (Wildman–Crippen LogP) is 4.30. The van der Waals surface area contributed by atoms with Gasteiger partial charge in [-0.3, -0.25) is 0 Å². The highest BCUT2D eigenvalue weighted by Crippen LogP contribution is 2.34. The standard InChI is InChI=1S/C25H23FN2O5/c26-18-4-1-16(2-5-18)11-20(12-17-3-7-22-23(13-17)33-15-32-22)28-25(29)27-19-6-8-21-24(14-19)31-10-9-30-21/h1-8,13-14,20H,9-12,15H2,(H2,27,28,29)/t20-/m1/s1. The molecule has 0 radical (unpaired) electrons. The van der Waals surface area contributed by atoms with Crippen molar-refractivity contribution in [1.29, 1.82) is 0 Å². The van der Waals surface area contributed by atoms with Gasteiger partial charge >= 0.3 is 6.03 Å². The summed E-state index contributed by atoms with van der Waals surface area (Å²) in [5, 5.41) is 5.89. The minimum absolute atomic E-state index is 0.202. The van der Waals surface area contributed by atoms with Gasteiger partial charge in [0.05, 0.1) is 0 Å². The van der Waals surface area contributed by atoms with Crippen molar-refractivity contribution in [3.63, 3.8) is 0 Å². The van der Waals surface area contributed by atoms with Crippen molar-refractivity contribution >= 4 is 11.7 Å². The Bertz CT molecular complexity index is 1150. The lowest BCUT2D eigenvalue weighted by Gasteiger charge is -2.21. The zero-order valence-electron chi connectivity index (χ0n) is 17.8. The molecule has 3 aromatic carbocycles. The molecule has 5 rings (SSSR count). The van der Waals surface area contributed by atoms with Crippen LogP contribution in [0.3, 0.4) is 0 Å². The second-order valence-corrected chi connectivity index (χ2v) is 7.88. The van der Waals surface area contributed by atoms with E-state index in [1.54, 1.807) is 30.3 Å². The molecule has 0 bridgehead atoms. The molecule has 2 N–H and O–H groups in total. The predicted molar refractivity (Wildman–Crippen MR) is 120 cm³/mol. The fraction of sp³-hybridized carbons (Fsp3) is 0.240. The first kappa shape index (κ1) is 20.9. The average Bonchev–Trinajstić information content (AvgIpc) is 3.28. The second kappa shape index (κ2) is 9.28. The molecule has 0 aliphatic carbocycles. The van der Waals surface area contributed by atoms with Crippen LogP contribution >= 0.6 is 0 Å². The number of halogens is 1. The summed E-state index contributed by atoms with van der Waals surface area (Å²) in [6.07, 6.45) is 1.09. The third kappa shape index (κ3) is 5.11. The summed E-state index contributed by atoms with van der Waals surface area (Å²) in [7, 11) is 0. The molecule has 33 heavy (non-hydrogen) atoms. The highest BCUT2D eigenvalue weighted by atomic mass is 19.1. The van der Waals surface area contributed by atoms with Gasteiger partial charge in [-0.1, -0.05) is 18.2 Å². The van der Waals surface area contributed by atoms with Crippen molar-refractivity contribution in [3.8, 4) is 23.0 Å². The Hall–Kier alpha value is -3.94. The summed E-state index contributed by atoms with van der Waals surface area (Å²) in [4.78, 5) is 12.8. The minimum Gasteiger partial charge on any atom is -0.486 e. The number of rotatable bonds is 6. The fourth-order valence-corrected chi connectivity index (χ4v) is 3.91. The minimum atomic E-state index is -0.348. The summed E-state index contributed by atoms with van der Waals surface area (Å²) >= 11 is 0. The largest absolute Gasteiger partial charge is 0.486 e. The molecule has 2 heterocycles. The van der Waals surface area contributed by atoms with Crippen molar-refractivity contribution in [3.05, 3.63) is 77.6 Å². The van der Waals surface area contributed by atoms with Gasteiger partial charge in [0.2, 0.25) is 6.79 Å². The van der Waals surface area contributed by atoms with E-state index >= 15 is 0 Å². The van der Waals surface area contributed by atoms with Crippen LogP contribution < -0.4 is 29.6 Å². The monoisotopic (exact) mass is 450 g/mol. The van der Waals surface area contributed by atoms with E-state index in [0.29, 0.717) is 54.7 Å². The van der Waals surface area contributed by atoms with Crippen LogP contribution in [0.5, 0.6) is 23.0 Å². The molecular weight excluding hydrogens is 427 g/mol. The van der Waals surface area contributed by atoms with Gasteiger partial charge in [0.15, 0.2) is 23.0 Å². The van der Waals surface area contributed by atoms with Crippen molar-refractivity contribution in [2.75, 3.05) is 25.3 Å². The van der Waals surface area contributed by atoms with E-state index in [1.165, 1.54) is 12.1 Å². The molecule has 3 aromatic rings. The smallest absolute Gasteiger partial charge is 0.319 e. The maximum atomic E-state index is 13.3. The second-order valence-electron chi connectivity index (χ2n) is 7.88. The Balaban J connectivity index is 1.30. The Morgan fingerprint density at radius 1 is 0.788 bits per heavy atom. The SMILES string of the molecule is O=C(Nc1ccc2c(c1)OCCO2)N[C@H](Cc1ccc(F)cc1)Cc1ccc2c(c1)OCO2. The third-order valence-corrected chi connectivity index (χ3v) is 5.45. The zero-order valence-corrected chi connectivity index (χ0v) is 17.8. The van der Waals surface area contributed by atoms with Gasteiger partial charge in [0, 0.05) is 17.8 Å². The fourth-order valence-electron chi connectivity index (χ4n) is 3.91. The molecule has 7 nitrogen and oxygen atoms in total. The average molecular weight is 450 g/mol. The number of nitrogens with one attached hydrogen (secondary N) is 2. The molecule has 0 saturated carbocycles. The van der Waals surface area contributed by atoms with Crippen molar-refractivity contribution in [2.45, 2.75) is 18.9 Å². The normalized spacial score (nSPS) is 14.5. The van der Waals surface area contributed by atoms with E-state index in [4.69, 9.17) is 18.9 Å². The molecule has 2 aliphatic rings. The molecule has 2 aliphatic heterocycles. The van der Waals surface area contributed by atoms with E-state index in [1.807, 2.05) is 18.2 Å². The third-order valence-electron chi connectivity index (χ3n) is 5.45. The van der Waals surface area contributed by atoms with E-state index < -0.39 is 0 Å². The number of benzene rings is 3. The maximum Gasteiger partial charge on any atom is 0.319 e. The van der Waals surface area contributed by atoms with Gasteiger partial charge in [0.1, 0.15) is 19.0 Å². The summed E-state index contributed by atoms with van der Waals surface area (Å²) in [6.45, 7) is 1.18. The van der Waals surface area contributed by atoms with Crippen LogP contribution in [0.1, 0.15) is 11.1 Å². The van der Waals surface area contributed by atoms with Crippen molar-refractivity contribution < 1.29 is 28.1 Å². The van der Waals surface area contributed by atoms with Crippen LogP contribution in [0.4, 0.5) is 14.9 Å². The van der Waals surface area contributed by atoms with Crippen LogP contribution in [0, 0.1) is 5.82 Å². The number of urea groups is 1. The molecule has 2 amide bonds. The first-order valence-corrected chi connectivity index (χ1v) is 10.7. The molecule has 0 unspecified atom stereocenters. The van der Waals surface area contributed by atoms with Crippen molar-refractivity contribution in [2.24, 2.45) is 0 Å². The van der Waals surface area contributed by atoms with E-state index in [2.05, 4.69) is 10.6 Å². The molecule has 0 saturated heterocycles. The van der Waals surface area contributed by atoms with Crippen LogP contribution in [-0.4, -0.2) is 32.1 Å². The lowest BCUT2D eigenvalue weighted by Crippen LogP contribution is -2.40. The van der Waals surface area contributed by atoms with Gasteiger partial charge in [-0.15, -0.1) is 0 Å². The van der Waals surface area contributed by atoms with Crippen LogP contribution in [0.25, 0.3) is 0 Å². The molecule has 8 heteroatoms. The van der Waals surface area contributed by atoms with E-state index in [9.17, 15) is 9.18 Å². The number of fused-ring (bicyclic) bond motifs is 2. The first-order chi connectivity index (χ1) is 16.1.